The van der Waals surface area contributed by atoms with Gasteiger partial charge >= 0.3 is 17.8 Å². The Hall–Kier alpha value is -3.02. The minimum absolute atomic E-state index is 0.140. The molecule has 0 N–H and O–H groups in total. The first-order chi connectivity index (χ1) is 11.5. The maximum absolute atomic E-state index is 13.3. The normalized spacial score (nSPS) is 16.0. The van der Waals surface area contributed by atoms with Crippen molar-refractivity contribution < 1.29 is 18.8 Å². The number of carbonyl (C=O) groups excluding carboxylic acids is 3. The fourth-order valence-electron chi connectivity index (χ4n) is 2.70. The van der Waals surface area contributed by atoms with Gasteiger partial charge in [-0.2, -0.15) is 0 Å². The molecule has 0 bridgehead atoms. The van der Waals surface area contributed by atoms with Crippen LogP contribution in [0.15, 0.2) is 54.6 Å². The molecular weight excluding hydrogens is 311 g/mol. The largest absolute Gasteiger partial charge is 0.335 e. The Kier molecular flexibility index (Phi) is 4.12. The molecule has 2 aromatic carbocycles. The molecule has 1 fully saturated rings. The average Bonchev–Trinajstić information content (AvgIpc) is 2.79. The third-order valence-corrected chi connectivity index (χ3v) is 3.98. The van der Waals surface area contributed by atoms with Gasteiger partial charge in [-0.15, -0.1) is 0 Å². The van der Waals surface area contributed by atoms with E-state index >= 15 is 0 Å². The Labute approximate surface area is 138 Å². The molecule has 0 saturated carbocycles. The maximum atomic E-state index is 13.3. The van der Waals surface area contributed by atoms with Crippen LogP contribution in [0.4, 0.5) is 9.18 Å². The monoisotopic (exact) mass is 326 g/mol. The number of urea groups is 1. The minimum Gasteiger partial charge on any atom is -0.263 e. The van der Waals surface area contributed by atoms with E-state index in [0.717, 1.165) is 15.4 Å². The van der Waals surface area contributed by atoms with Crippen LogP contribution in [0.3, 0.4) is 0 Å². The van der Waals surface area contributed by atoms with Crippen LogP contribution >= 0.6 is 0 Å². The second-order valence-corrected chi connectivity index (χ2v) is 5.57. The number of halogens is 1. The van der Waals surface area contributed by atoms with Gasteiger partial charge in [-0.05, 0) is 30.2 Å². The first kappa shape index (κ1) is 15.9. The third kappa shape index (κ3) is 2.78. The van der Waals surface area contributed by atoms with Crippen molar-refractivity contribution >= 4 is 17.8 Å². The Balaban J connectivity index is 1.85. The van der Waals surface area contributed by atoms with E-state index in [1.165, 1.54) is 18.2 Å². The summed E-state index contributed by atoms with van der Waals surface area (Å²) in [7, 11) is 0. The molecule has 2 aromatic rings. The lowest BCUT2D eigenvalue weighted by molar-refractivity contribution is -0.144. The molecule has 1 aliphatic heterocycles. The van der Waals surface area contributed by atoms with Crippen LogP contribution in [0.5, 0.6) is 0 Å². The Morgan fingerprint density at radius 3 is 2.33 bits per heavy atom. The number of hydrogen-bond acceptors (Lipinski definition) is 3. The standard InChI is InChI=1S/C18H15FN2O3/c1-12(14-7-3-2-4-8-14)21-17(23)16(22)20(18(21)24)11-13-6-5-9-15(19)10-13/h2-10,12H,11H2,1H3. The zero-order chi connectivity index (χ0) is 17.3. The topological polar surface area (TPSA) is 57.7 Å². The van der Waals surface area contributed by atoms with Crippen LogP contribution in [0.25, 0.3) is 0 Å². The van der Waals surface area contributed by atoms with E-state index in [2.05, 4.69) is 0 Å². The van der Waals surface area contributed by atoms with E-state index in [-0.39, 0.29) is 6.54 Å². The summed E-state index contributed by atoms with van der Waals surface area (Å²) in [6, 6.07) is 13.3. The van der Waals surface area contributed by atoms with Crippen LogP contribution in [-0.4, -0.2) is 27.6 Å². The highest BCUT2D eigenvalue weighted by Gasteiger charge is 2.46. The first-order valence-electron chi connectivity index (χ1n) is 7.47. The van der Waals surface area contributed by atoms with Gasteiger partial charge in [0.1, 0.15) is 5.82 Å². The van der Waals surface area contributed by atoms with Gasteiger partial charge in [-0.25, -0.2) is 14.1 Å². The van der Waals surface area contributed by atoms with E-state index in [9.17, 15) is 18.8 Å². The zero-order valence-corrected chi connectivity index (χ0v) is 13.0. The van der Waals surface area contributed by atoms with E-state index in [1.54, 1.807) is 37.3 Å². The van der Waals surface area contributed by atoms with Crippen LogP contribution in [-0.2, 0) is 16.1 Å². The molecule has 1 unspecified atom stereocenters. The SMILES string of the molecule is CC(c1ccccc1)N1C(=O)C(=O)N(Cc2cccc(F)c2)C1=O. The predicted octanol–water partition coefficient (Wildman–Crippen LogP) is 2.88. The van der Waals surface area contributed by atoms with Crippen molar-refractivity contribution in [1.82, 2.24) is 9.80 Å². The Morgan fingerprint density at radius 2 is 1.67 bits per heavy atom. The minimum atomic E-state index is -0.896. The molecule has 24 heavy (non-hydrogen) atoms. The first-order valence-corrected chi connectivity index (χ1v) is 7.47. The van der Waals surface area contributed by atoms with Crippen LogP contribution in [0.1, 0.15) is 24.1 Å². The number of carbonyl (C=O) groups is 3. The van der Waals surface area contributed by atoms with Crippen LogP contribution < -0.4 is 0 Å². The number of hydrogen-bond donors (Lipinski definition) is 0. The van der Waals surface area contributed by atoms with Gasteiger partial charge in [0.15, 0.2) is 0 Å². The lowest BCUT2D eigenvalue weighted by Crippen LogP contribution is -2.35. The smallest absolute Gasteiger partial charge is 0.263 e. The van der Waals surface area contributed by atoms with E-state index in [4.69, 9.17) is 0 Å². The van der Waals surface area contributed by atoms with Gasteiger partial charge in [-0.1, -0.05) is 42.5 Å². The molecule has 6 heteroatoms. The molecule has 0 spiro atoms. The summed E-state index contributed by atoms with van der Waals surface area (Å²) < 4.78 is 13.3. The molecule has 0 radical (unpaired) electrons. The summed E-state index contributed by atoms with van der Waals surface area (Å²) in [5, 5.41) is 0. The number of amides is 4. The average molecular weight is 326 g/mol. The van der Waals surface area contributed by atoms with Crippen LogP contribution in [0.2, 0.25) is 0 Å². The molecule has 1 aliphatic rings. The number of nitrogens with zero attached hydrogens (tertiary/aromatic N) is 2. The molecule has 3 rings (SSSR count). The zero-order valence-electron chi connectivity index (χ0n) is 13.0. The molecule has 1 heterocycles. The summed E-state index contributed by atoms with van der Waals surface area (Å²) in [4.78, 5) is 38.7. The van der Waals surface area contributed by atoms with Gasteiger partial charge < -0.3 is 0 Å². The lowest BCUT2D eigenvalue weighted by Gasteiger charge is -2.22. The summed E-state index contributed by atoms with van der Waals surface area (Å²) in [5.74, 6) is -2.23. The fourth-order valence-corrected chi connectivity index (χ4v) is 2.70. The maximum Gasteiger partial charge on any atom is 0.335 e. The Morgan fingerprint density at radius 1 is 0.958 bits per heavy atom. The molecular formula is C18H15FN2O3. The van der Waals surface area contributed by atoms with Crippen molar-refractivity contribution in [3.8, 4) is 0 Å². The van der Waals surface area contributed by atoms with Crippen molar-refractivity contribution in [2.45, 2.75) is 19.5 Å². The van der Waals surface area contributed by atoms with Gasteiger partial charge in [-0.3, -0.25) is 14.5 Å². The predicted molar refractivity (Wildman–Crippen MR) is 84.0 cm³/mol. The van der Waals surface area contributed by atoms with E-state index in [1.807, 2.05) is 6.07 Å². The Bertz CT molecular complexity index is 807. The van der Waals surface area contributed by atoms with Gasteiger partial charge in [0.05, 0.1) is 12.6 Å². The van der Waals surface area contributed by atoms with Gasteiger partial charge in [0.2, 0.25) is 0 Å². The molecule has 4 amide bonds. The third-order valence-electron chi connectivity index (χ3n) is 3.98. The molecule has 1 saturated heterocycles. The van der Waals surface area contributed by atoms with Crippen molar-refractivity contribution in [2.75, 3.05) is 0 Å². The number of rotatable bonds is 4. The molecule has 5 nitrogen and oxygen atoms in total. The number of imide groups is 2. The second kappa shape index (κ2) is 6.23. The lowest BCUT2D eigenvalue weighted by atomic mass is 10.1. The molecule has 0 aliphatic carbocycles. The highest BCUT2D eigenvalue weighted by atomic mass is 19.1. The summed E-state index contributed by atoms with van der Waals surface area (Å²) in [6.45, 7) is 1.54. The highest BCUT2D eigenvalue weighted by Crippen LogP contribution is 2.27. The summed E-state index contributed by atoms with van der Waals surface area (Å²) >= 11 is 0. The summed E-state index contributed by atoms with van der Waals surface area (Å²) in [6.07, 6.45) is 0. The molecule has 0 aromatic heterocycles. The van der Waals surface area contributed by atoms with E-state index in [0.29, 0.717) is 5.56 Å². The summed E-state index contributed by atoms with van der Waals surface area (Å²) in [5.41, 5.74) is 1.19. The van der Waals surface area contributed by atoms with Gasteiger partial charge in [0.25, 0.3) is 0 Å². The number of benzene rings is 2. The second-order valence-electron chi connectivity index (χ2n) is 5.57. The fraction of sp³-hybridized carbons (Fsp3) is 0.167. The molecule has 122 valence electrons. The highest BCUT2D eigenvalue weighted by molar-refractivity contribution is 6.44. The van der Waals surface area contributed by atoms with Gasteiger partial charge in [0, 0.05) is 0 Å². The van der Waals surface area contributed by atoms with E-state index < -0.39 is 29.7 Å². The van der Waals surface area contributed by atoms with Crippen molar-refractivity contribution in [1.29, 1.82) is 0 Å². The van der Waals surface area contributed by atoms with Crippen LogP contribution in [0, 0.1) is 5.82 Å². The van der Waals surface area contributed by atoms with Crippen molar-refractivity contribution in [3.05, 3.63) is 71.5 Å². The quantitative estimate of drug-likeness (QED) is 0.641. The van der Waals surface area contributed by atoms with Crippen molar-refractivity contribution in [3.63, 3.8) is 0 Å². The molecule has 1 atom stereocenters. The van der Waals surface area contributed by atoms with Crippen molar-refractivity contribution in [2.24, 2.45) is 0 Å².